The van der Waals surface area contributed by atoms with E-state index in [0.717, 1.165) is 32.1 Å². The number of ether oxygens (including phenoxy) is 1. The summed E-state index contributed by atoms with van der Waals surface area (Å²) in [5.41, 5.74) is 0.670. The maximum Gasteiger partial charge on any atom is 0.408 e. The molecular formula is C31H49N3O4. The van der Waals surface area contributed by atoms with Crippen molar-refractivity contribution in [2.75, 3.05) is 6.54 Å². The van der Waals surface area contributed by atoms with E-state index < -0.39 is 23.8 Å². The van der Waals surface area contributed by atoms with E-state index in [-0.39, 0.29) is 23.8 Å². The van der Waals surface area contributed by atoms with Gasteiger partial charge in [0.05, 0.1) is 0 Å². The zero-order valence-electron chi connectivity index (χ0n) is 24.7. The molecule has 0 heterocycles. The van der Waals surface area contributed by atoms with Gasteiger partial charge in [0.2, 0.25) is 11.8 Å². The number of terminal acetylenes is 1. The van der Waals surface area contributed by atoms with Gasteiger partial charge >= 0.3 is 6.09 Å². The molecule has 1 aromatic carbocycles. The van der Waals surface area contributed by atoms with Crippen molar-refractivity contribution in [3.05, 3.63) is 35.4 Å². The van der Waals surface area contributed by atoms with Crippen molar-refractivity contribution in [3.8, 4) is 12.3 Å². The molecule has 7 nitrogen and oxygen atoms in total. The summed E-state index contributed by atoms with van der Waals surface area (Å²) in [7, 11) is 0. The summed E-state index contributed by atoms with van der Waals surface area (Å²) in [6.45, 7) is 15.8. The Balaban J connectivity index is 3.52. The molecule has 0 spiro atoms. The van der Waals surface area contributed by atoms with E-state index in [0.29, 0.717) is 24.1 Å². The third kappa shape index (κ3) is 11.6. The minimum absolute atomic E-state index is 0.0427. The summed E-state index contributed by atoms with van der Waals surface area (Å²) in [6, 6.07) is 5.44. The van der Waals surface area contributed by atoms with Crippen LogP contribution >= 0.6 is 0 Å². The molecule has 0 saturated heterocycles. The molecule has 2 N–H and O–H groups in total. The van der Waals surface area contributed by atoms with E-state index in [2.05, 4.69) is 30.4 Å². The summed E-state index contributed by atoms with van der Waals surface area (Å²) in [6.07, 6.45) is 9.69. The van der Waals surface area contributed by atoms with Crippen LogP contribution in [0.3, 0.4) is 0 Å². The minimum Gasteiger partial charge on any atom is -0.444 e. The molecule has 0 aliphatic carbocycles. The van der Waals surface area contributed by atoms with Gasteiger partial charge in [-0.1, -0.05) is 65.0 Å². The zero-order valence-corrected chi connectivity index (χ0v) is 24.7. The van der Waals surface area contributed by atoms with Crippen LogP contribution in [-0.4, -0.2) is 47.0 Å². The second-order valence-corrected chi connectivity index (χ2v) is 11.4. The van der Waals surface area contributed by atoms with Gasteiger partial charge in [0, 0.05) is 18.2 Å². The lowest BCUT2D eigenvalue weighted by Crippen LogP contribution is -2.54. The van der Waals surface area contributed by atoms with E-state index in [1.807, 2.05) is 32.9 Å². The molecule has 0 aliphatic rings. The van der Waals surface area contributed by atoms with Gasteiger partial charge in [-0.15, -0.1) is 6.42 Å². The first kappa shape index (κ1) is 33.0. The van der Waals surface area contributed by atoms with Crippen molar-refractivity contribution in [1.82, 2.24) is 15.5 Å². The number of carbonyl (C=O) groups is 3. The normalized spacial score (nSPS) is 13.7. The van der Waals surface area contributed by atoms with E-state index >= 15 is 0 Å². The molecular weight excluding hydrogens is 478 g/mol. The van der Waals surface area contributed by atoms with Crippen LogP contribution in [0.15, 0.2) is 24.3 Å². The van der Waals surface area contributed by atoms with Crippen LogP contribution in [0.5, 0.6) is 0 Å². The summed E-state index contributed by atoms with van der Waals surface area (Å²) < 4.78 is 5.46. The Morgan fingerprint density at radius 2 is 1.63 bits per heavy atom. The van der Waals surface area contributed by atoms with Crippen LogP contribution in [0, 0.1) is 18.3 Å². The van der Waals surface area contributed by atoms with Gasteiger partial charge in [0.1, 0.15) is 17.7 Å². The molecule has 0 radical (unpaired) electrons. The minimum atomic E-state index is -0.861. The van der Waals surface area contributed by atoms with Crippen molar-refractivity contribution >= 4 is 17.9 Å². The number of hydrogen-bond donors (Lipinski definition) is 2. The van der Waals surface area contributed by atoms with Crippen molar-refractivity contribution in [2.24, 2.45) is 5.92 Å². The molecule has 38 heavy (non-hydrogen) atoms. The summed E-state index contributed by atoms with van der Waals surface area (Å²) in [5, 5.41) is 5.89. The Labute approximate surface area is 230 Å². The molecule has 3 amide bonds. The van der Waals surface area contributed by atoms with Gasteiger partial charge in [-0.05, 0) is 70.6 Å². The lowest BCUT2D eigenvalue weighted by molar-refractivity contribution is -0.143. The van der Waals surface area contributed by atoms with Crippen LogP contribution in [-0.2, 0) is 14.3 Å². The zero-order chi connectivity index (χ0) is 28.9. The number of alkyl carbamates (subject to hydrolysis) is 1. The number of unbranched alkanes of at least 4 members (excludes halogenated alkanes) is 2. The van der Waals surface area contributed by atoms with E-state index in [9.17, 15) is 14.4 Å². The van der Waals surface area contributed by atoms with Crippen molar-refractivity contribution in [1.29, 1.82) is 0 Å². The number of hydrogen-bond acceptors (Lipinski definition) is 4. The van der Waals surface area contributed by atoms with Gasteiger partial charge in [0.25, 0.3) is 0 Å². The highest BCUT2D eigenvalue weighted by Crippen LogP contribution is 2.25. The fourth-order valence-corrected chi connectivity index (χ4v) is 4.30. The molecule has 7 heteroatoms. The number of benzene rings is 1. The third-order valence-electron chi connectivity index (χ3n) is 6.05. The van der Waals surface area contributed by atoms with Gasteiger partial charge in [-0.2, -0.15) is 0 Å². The topological polar surface area (TPSA) is 87.7 Å². The smallest absolute Gasteiger partial charge is 0.408 e. The third-order valence-corrected chi connectivity index (χ3v) is 6.05. The molecule has 1 aromatic rings. The van der Waals surface area contributed by atoms with Crippen LogP contribution in [0.1, 0.15) is 111 Å². The fourth-order valence-electron chi connectivity index (χ4n) is 4.30. The molecule has 0 bridgehead atoms. The first-order valence-corrected chi connectivity index (χ1v) is 14.0. The van der Waals surface area contributed by atoms with Crippen molar-refractivity contribution < 1.29 is 19.1 Å². The van der Waals surface area contributed by atoms with Crippen LogP contribution in [0.4, 0.5) is 4.79 Å². The first-order valence-electron chi connectivity index (χ1n) is 14.0. The maximum absolute atomic E-state index is 14.2. The molecule has 1 rings (SSSR count). The molecule has 0 fully saturated rings. The van der Waals surface area contributed by atoms with Gasteiger partial charge in [0.15, 0.2) is 0 Å². The lowest BCUT2D eigenvalue weighted by atomic mass is 9.98. The number of rotatable bonds is 14. The van der Waals surface area contributed by atoms with Crippen molar-refractivity contribution in [2.45, 2.75) is 118 Å². The molecule has 3 atom stereocenters. The summed E-state index contributed by atoms with van der Waals surface area (Å²) >= 11 is 0. The van der Waals surface area contributed by atoms with Crippen LogP contribution in [0.25, 0.3) is 0 Å². The first-order chi connectivity index (χ1) is 17.8. The number of amides is 3. The molecule has 3 unspecified atom stereocenters. The Morgan fingerprint density at radius 3 is 2.13 bits per heavy atom. The highest BCUT2D eigenvalue weighted by molar-refractivity contribution is 5.92. The Hall–Kier alpha value is -3.01. The van der Waals surface area contributed by atoms with E-state index in [1.165, 1.54) is 0 Å². The van der Waals surface area contributed by atoms with E-state index in [1.54, 1.807) is 37.8 Å². The van der Waals surface area contributed by atoms with Crippen molar-refractivity contribution in [3.63, 3.8) is 0 Å². The predicted octanol–water partition coefficient (Wildman–Crippen LogP) is 5.97. The second kappa shape index (κ2) is 16.1. The number of nitrogens with zero attached hydrogens (tertiary/aromatic N) is 1. The van der Waals surface area contributed by atoms with Gasteiger partial charge < -0.3 is 20.3 Å². The predicted molar refractivity (Wildman–Crippen MR) is 153 cm³/mol. The van der Waals surface area contributed by atoms with E-state index in [4.69, 9.17) is 11.2 Å². The average molecular weight is 528 g/mol. The number of nitrogens with one attached hydrogen (secondary N) is 2. The number of carbonyl (C=O) groups excluding carboxylic acids is 3. The largest absolute Gasteiger partial charge is 0.444 e. The Bertz CT molecular complexity index is 928. The second-order valence-electron chi connectivity index (χ2n) is 11.4. The molecule has 0 aliphatic heterocycles. The monoisotopic (exact) mass is 527 g/mol. The van der Waals surface area contributed by atoms with Gasteiger partial charge in [-0.3, -0.25) is 9.59 Å². The maximum atomic E-state index is 14.2. The lowest BCUT2D eigenvalue weighted by Gasteiger charge is -2.35. The highest BCUT2D eigenvalue weighted by atomic mass is 16.6. The molecule has 0 saturated carbocycles. The SMILES string of the molecule is C#Cc1ccc(C(C(=O)NC(C)CCC)N(CCCCC)C(=O)C(CC(C)C)NC(=O)OC(C)(C)C)cc1. The van der Waals surface area contributed by atoms with Gasteiger partial charge in [-0.25, -0.2) is 4.79 Å². The van der Waals surface area contributed by atoms with Crippen LogP contribution in [0.2, 0.25) is 0 Å². The quantitative estimate of drug-likeness (QED) is 0.230. The summed E-state index contributed by atoms with van der Waals surface area (Å²) in [4.78, 5) is 42.3. The van der Waals surface area contributed by atoms with Crippen LogP contribution < -0.4 is 10.6 Å². The summed E-state index contributed by atoms with van der Waals surface area (Å²) in [5.74, 6) is 2.18. The fraction of sp³-hybridized carbons (Fsp3) is 0.645. The Morgan fingerprint density at radius 1 is 1.00 bits per heavy atom. The molecule has 0 aromatic heterocycles. The average Bonchev–Trinajstić information content (AvgIpc) is 2.81. The Kier molecular flexibility index (Phi) is 14.0. The standard InChI is InChI=1S/C31H49N3O4/c1-10-13-14-20-34(29(36)26(21-22(4)5)33-30(37)38-31(7,8)9)27(28(35)32-23(6)15-11-2)25-18-16-24(12-3)17-19-25/h3,16-19,22-23,26-27H,10-11,13-15,20-21H2,1-2,4-9H3,(H,32,35)(H,33,37). The highest BCUT2D eigenvalue weighted by Gasteiger charge is 2.36. The molecule has 212 valence electrons.